The lowest BCUT2D eigenvalue weighted by Gasteiger charge is -2.02. The van der Waals surface area contributed by atoms with Crippen molar-refractivity contribution in [2.75, 3.05) is 24.9 Å². The first-order chi connectivity index (χ1) is 4.81. The number of carbonyl (C=O) groups excluding carboxylic acids is 1. The number of amides is 1. The highest BCUT2D eigenvalue weighted by Gasteiger charge is 1.97. The molecule has 0 aliphatic rings. The van der Waals surface area contributed by atoms with E-state index in [2.05, 4.69) is 10.1 Å². The van der Waals surface area contributed by atoms with Crippen LogP contribution in [0.4, 0.5) is 4.79 Å². The third-order valence-corrected chi connectivity index (χ3v) is 1.02. The highest BCUT2D eigenvalue weighted by atomic mass is 35.5. The Kier molecular flexibility index (Phi) is 6.86. The van der Waals surface area contributed by atoms with Crippen molar-refractivity contribution in [3.8, 4) is 0 Å². The Morgan fingerprint density at radius 1 is 1.40 bits per heavy atom. The van der Waals surface area contributed by atoms with Gasteiger partial charge in [0, 0.05) is 12.4 Å². The van der Waals surface area contributed by atoms with Gasteiger partial charge in [0.15, 0.2) is 0 Å². The van der Waals surface area contributed by atoms with E-state index >= 15 is 0 Å². The van der Waals surface area contributed by atoms with Gasteiger partial charge in [0.05, 0.1) is 5.88 Å². The second-order valence-electron chi connectivity index (χ2n) is 1.44. The number of carbonyl (C=O) groups is 1. The van der Waals surface area contributed by atoms with Gasteiger partial charge in [0.2, 0.25) is 0 Å². The van der Waals surface area contributed by atoms with E-state index in [-0.39, 0.29) is 6.61 Å². The van der Waals surface area contributed by atoms with E-state index in [1.54, 1.807) is 0 Å². The zero-order valence-corrected chi connectivity index (χ0v) is 6.91. The minimum atomic E-state index is -0.471. The van der Waals surface area contributed by atoms with Crippen LogP contribution in [0.2, 0.25) is 0 Å². The molecule has 0 aromatic heterocycles. The number of hydrogen-bond donors (Lipinski definition) is 1. The maximum absolute atomic E-state index is 10.5. The molecule has 0 rings (SSSR count). The molecule has 0 bridgehead atoms. The molecule has 0 radical (unpaired) electrons. The predicted octanol–water partition coefficient (Wildman–Crippen LogP) is 1.19. The molecule has 0 spiro atoms. The summed E-state index contributed by atoms with van der Waals surface area (Å²) >= 11 is 10.5. The van der Waals surface area contributed by atoms with E-state index < -0.39 is 6.09 Å². The molecular weight excluding hydrogens is 177 g/mol. The summed E-state index contributed by atoms with van der Waals surface area (Å²) in [7, 11) is 0. The number of ether oxygens (including phenoxy) is 1. The third kappa shape index (κ3) is 5.98. The van der Waals surface area contributed by atoms with E-state index in [0.717, 1.165) is 0 Å². The van der Waals surface area contributed by atoms with Gasteiger partial charge in [0.25, 0.3) is 0 Å². The van der Waals surface area contributed by atoms with Crippen LogP contribution in [0.3, 0.4) is 0 Å². The molecule has 0 aliphatic carbocycles. The van der Waals surface area contributed by atoms with Crippen molar-refractivity contribution in [3.05, 3.63) is 0 Å². The van der Waals surface area contributed by atoms with Crippen LogP contribution in [0, 0.1) is 0 Å². The predicted molar refractivity (Wildman–Crippen MR) is 40.8 cm³/mol. The second kappa shape index (κ2) is 6.96. The molecule has 0 aromatic carbocycles. The zero-order valence-electron chi connectivity index (χ0n) is 5.40. The van der Waals surface area contributed by atoms with Gasteiger partial charge in [-0.3, -0.25) is 0 Å². The second-order valence-corrected chi connectivity index (χ2v) is 2.20. The lowest BCUT2D eigenvalue weighted by atomic mass is 10.7. The fourth-order valence-corrected chi connectivity index (χ4v) is 0.503. The molecule has 10 heavy (non-hydrogen) atoms. The molecule has 0 saturated carbocycles. The van der Waals surface area contributed by atoms with Crippen LogP contribution in [-0.2, 0) is 4.74 Å². The van der Waals surface area contributed by atoms with Gasteiger partial charge in [-0.15, -0.1) is 23.2 Å². The monoisotopic (exact) mass is 185 g/mol. The first-order valence-electron chi connectivity index (χ1n) is 2.83. The van der Waals surface area contributed by atoms with E-state index in [1.807, 2.05) is 0 Å². The Morgan fingerprint density at radius 2 is 2.10 bits per heavy atom. The van der Waals surface area contributed by atoms with E-state index in [0.29, 0.717) is 18.3 Å². The summed E-state index contributed by atoms with van der Waals surface area (Å²) in [5.41, 5.74) is 0. The Morgan fingerprint density at radius 3 is 2.60 bits per heavy atom. The molecule has 0 atom stereocenters. The molecule has 0 saturated heterocycles. The molecule has 1 amide bonds. The Balaban J connectivity index is 3.09. The zero-order chi connectivity index (χ0) is 7.82. The summed E-state index contributed by atoms with van der Waals surface area (Å²) < 4.78 is 4.55. The van der Waals surface area contributed by atoms with Crippen molar-refractivity contribution in [1.29, 1.82) is 0 Å². The summed E-state index contributed by atoms with van der Waals surface area (Å²) in [5.74, 6) is 0.699. The molecule has 5 heteroatoms. The molecule has 0 unspecified atom stereocenters. The Labute approximate surface area is 69.6 Å². The summed E-state index contributed by atoms with van der Waals surface area (Å²) in [5, 5.41) is 2.42. The van der Waals surface area contributed by atoms with Crippen molar-refractivity contribution in [2.45, 2.75) is 0 Å². The summed E-state index contributed by atoms with van der Waals surface area (Å²) in [4.78, 5) is 10.5. The fourth-order valence-electron chi connectivity index (χ4n) is 0.332. The molecule has 0 fully saturated rings. The van der Waals surface area contributed by atoms with E-state index in [1.165, 1.54) is 0 Å². The minimum absolute atomic E-state index is 0.232. The van der Waals surface area contributed by atoms with Gasteiger partial charge in [-0.1, -0.05) is 0 Å². The number of rotatable bonds is 4. The maximum atomic E-state index is 10.5. The van der Waals surface area contributed by atoms with Gasteiger partial charge in [-0.05, 0) is 0 Å². The Bertz CT molecular complexity index is 89.6. The normalized spacial score (nSPS) is 9.00. The molecule has 60 valence electrons. The van der Waals surface area contributed by atoms with Crippen LogP contribution >= 0.6 is 23.2 Å². The first kappa shape index (κ1) is 9.85. The number of nitrogens with one attached hydrogen (secondary N) is 1. The lowest BCUT2D eigenvalue weighted by Crippen LogP contribution is -2.26. The molecule has 0 aromatic rings. The quantitative estimate of drug-likeness (QED) is 0.669. The van der Waals surface area contributed by atoms with Crippen molar-refractivity contribution < 1.29 is 9.53 Å². The van der Waals surface area contributed by atoms with Crippen molar-refractivity contribution in [3.63, 3.8) is 0 Å². The van der Waals surface area contributed by atoms with Gasteiger partial charge >= 0.3 is 6.09 Å². The summed E-state index contributed by atoms with van der Waals surface area (Å²) in [6.45, 7) is 0.651. The average molecular weight is 186 g/mol. The topological polar surface area (TPSA) is 38.3 Å². The average Bonchev–Trinajstić information content (AvgIpc) is 1.97. The van der Waals surface area contributed by atoms with Gasteiger partial charge in [0.1, 0.15) is 6.61 Å². The van der Waals surface area contributed by atoms with Crippen LogP contribution in [-0.4, -0.2) is 31.0 Å². The van der Waals surface area contributed by atoms with Crippen molar-refractivity contribution in [2.24, 2.45) is 0 Å². The van der Waals surface area contributed by atoms with E-state index in [9.17, 15) is 4.79 Å². The lowest BCUT2D eigenvalue weighted by molar-refractivity contribution is 0.153. The van der Waals surface area contributed by atoms with Crippen LogP contribution in [0.15, 0.2) is 0 Å². The molecule has 1 N–H and O–H groups in total. The van der Waals surface area contributed by atoms with Crippen LogP contribution in [0.25, 0.3) is 0 Å². The van der Waals surface area contributed by atoms with Crippen molar-refractivity contribution in [1.82, 2.24) is 5.32 Å². The first-order valence-corrected chi connectivity index (χ1v) is 3.90. The highest BCUT2D eigenvalue weighted by molar-refractivity contribution is 6.18. The molecule has 0 aliphatic heterocycles. The fraction of sp³-hybridized carbons (Fsp3) is 0.800. The Hall–Kier alpha value is -0.150. The molecule has 3 nitrogen and oxygen atoms in total. The van der Waals surface area contributed by atoms with Crippen LogP contribution < -0.4 is 5.32 Å². The standard InChI is InChI=1S/C5H9Cl2NO2/c6-1-3-8-5(9)10-4-2-7/h1-4H2,(H,8,9). The van der Waals surface area contributed by atoms with Crippen molar-refractivity contribution >= 4 is 29.3 Å². The van der Waals surface area contributed by atoms with Gasteiger partial charge in [-0.25, -0.2) is 4.79 Å². The largest absolute Gasteiger partial charge is 0.448 e. The SMILES string of the molecule is O=C(NCCCl)OCCCl. The van der Waals surface area contributed by atoms with E-state index in [4.69, 9.17) is 23.2 Å². The number of hydrogen-bond acceptors (Lipinski definition) is 2. The number of alkyl carbamates (subject to hydrolysis) is 1. The summed E-state index contributed by atoms with van der Waals surface area (Å²) in [6.07, 6.45) is -0.471. The van der Waals surface area contributed by atoms with Gasteiger partial charge in [-0.2, -0.15) is 0 Å². The number of alkyl halides is 2. The maximum Gasteiger partial charge on any atom is 0.407 e. The highest BCUT2D eigenvalue weighted by Crippen LogP contribution is 1.80. The molecule has 0 heterocycles. The minimum Gasteiger partial charge on any atom is -0.448 e. The number of halogens is 2. The third-order valence-electron chi connectivity index (χ3n) is 0.674. The molecular formula is C5H9Cl2NO2. The summed E-state index contributed by atoms with van der Waals surface area (Å²) in [6, 6.07) is 0. The smallest absolute Gasteiger partial charge is 0.407 e. The van der Waals surface area contributed by atoms with Crippen LogP contribution in [0.1, 0.15) is 0 Å². The van der Waals surface area contributed by atoms with Gasteiger partial charge < -0.3 is 10.1 Å². The van der Waals surface area contributed by atoms with Crippen LogP contribution in [0.5, 0.6) is 0 Å².